The molecule has 0 saturated heterocycles. The molecule has 2 aromatic carbocycles. The number of hydrogen-bond donors (Lipinski definition) is 0. The second kappa shape index (κ2) is 3.89. The Morgan fingerprint density at radius 3 is 2.82 bits per heavy atom. The molecule has 0 atom stereocenters. The Morgan fingerprint density at radius 2 is 1.95 bits per heavy atom. The lowest BCUT2D eigenvalue weighted by molar-refractivity contribution is 0.104. The van der Waals surface area contributed by atoms with E-state index in [1.54, 1.807) is 13.2 Å². The quantitative estimate of drug-likeness (QED) is 0.532. The number of allylic oxidation sites excluding steroid dienone is 1. The van der Waals surface area contributed by atoms with Crippen molar-refractivity contribution in [3.05, 3.63) is 59.2 Å². The van der Waals surface area contributed by atoms with Gasteiger partial charge in [-0.2, -0.15) is 0 Å². The third-order valence-electron chi connectivity index (χ3n) is 4.71. The molecule has 2 heterocycles. The van der Waals surface area contributed by atoms with Crippen molar-refractivity contribution in [1.29, 1.82) is 0 Å². The van der Waals surface area contributed by atoms with Crippen LogP contribution in [0.3, 0.4) is 0 Å². The number of rotatable bonds is 1. The highest BCUT2D eigenvalue weighted by Crippen LogP contribution is 2.46. The number of ketones is 1. The minimum absolute atomic E-state index is 0.0909. The van der Waals surface area contributed by atoms with E-state index in [0.717, 1.165) is 51.1 Å². The molecule has 0 amide bonds. The molecular weight excluding hydrogens is 274 g/mol. The molecular formula is C19H13NO2. The molecule has 3 nitrogen and oxygen atoms in total. The van der Waals surface area contributed by atoms with Crippen molar-refractivity contribution in [3.8, 4) is 17.0 Å². The minimum Gasteiger partial charge on any atom is -0.496 e. The Hall–Kier alpha value is -2.81. The fourth-order valence-electron chi connectivity index (χ4n) is 3.80. The minimum atomic E-state index is 0.0909. The van der Waals surface area contributed by atoms with Crippen LogP contribution in [-0.2, 0) is 6.54 Å². The zero-order valence-electron chi connectivity index (χ0n) is 12.1. The average molecular weight is 287 g/mol. The largest absolute Gasteiger partial charge is 0.496 e. The second-order valence-corrected chi connectivity index (χ2v) is 5.74. The van der Waals surface area contributed by atoms with Crippen molar-refractivity contribution in [3.63, 3.8) is 0 Å². The Kier molecular flexibility index (Phi) is 2.09. The van der Waals surface area contributed by atoms with Crippen LogP contribution in [0.5, 0.6) is 5.75 Å². The monoisotopic (exact) mass is 287 g/mol. The van der Waals surface area contributed by atoms with Crippen LogP contribution in [0, 0.1) is 0 Å². The number of nitrogens with zero attached hydrogens (tertiary/aromatic N) is 1. The van der Waals surface area contributed by atoms with E-state index in [4.69, 9.17) is 4.74 Å². The zero-order chi connectivity index (χ0) is 14.8. The Morgan fingerprint density at radius 1 is 1.09 bits per heavy atom. The van der Waals surface area contributed by atoms with E-state index in [2.05, 4.69) is 28.8 Å². The molecule has 1 aromatic heterocycles. The van der Waals surface area contributed by atoms with Gasteiger partial charge in [-0.1, -0.05) is 30.3 Å². The molecule has 0 fully saturated rings. The smallest absolute Gasteiger partial charge is 0.188 e. The predicted molar refractivity (Wildman–Crippen MR) is 86.4 cm³/mol. The van der Waals surface area contributed by atoms with Gasteiger partial charge >= 0.3 is 0 Å². The third-order valence-corrected chi connectivity index (χ3v) is 4.71. The van der Waals surface area contributed by atoms with Gasteiger partial charge in [0.2, 0.25) is 0 Å². The van der Waals surface area contributed by atoms with Gasteiger partial charge in [-0.25, -0.2) is 0 Å². The van der Waals surface area contributed by atoms with Crippen LogP contribution in [0.1, 0.15) is 21.5 Å². The van der Waals surface area contributed by atoms with Crippen molar-refractivity contribution in [2.75, 3.05) is 7.11 Å². The molecule has 1 aliphatic heterocycles. The van der Waals surface area contributed by atoms with Crippen LogP contribution in [-0.4, -0.2) is 17.5 Å². The summed E-state index contributed by atoms with van der Waals surface area (Å²) in [5, 5.41) is 1.08. The van der Waals surface area contributed by atoms with Crippen LogP contribution in [0.2, 0.25) is 0 Å². The highest BCUT2D eigenvalue weighted by atomic mass is 16.5. The average Bonchev–Trinajstić information content (AvgIpc) is 3.07. The summed E-state index contributed by atoms with van der Waals surface area (Å²) >= 11 is 0. The Bertz CT molecular complexity index is 1010. The van der Waals surface area contributed by atoms with Gasteiger partial charge in [-0.05, 0) is 23.8 Å². The molecule has 1 aliphatic carbocycles. The molecule has 0 spiro atoms. The third kappa shape index (κ3) is 1.24. The number of carbonyl (C=O) groups is 1. The maximum atomic E-state index is 12.5. The van der Waals surface area contributed by atoms with Gasteiger partial charge in [0, 0.05) is 16.5 Å². The van der Waals surface area contributed by atoms with E-state index in [9.17, 15) is 4.79 Å². The molecule has 2 aliphatic rings. The number of methoxy groups -OCH3 is 1. The van der Waals surface area contributed by atoms with Crippen molar-refractivity contribution in [2.45, 2.75) is 6.54 Å². The van der Waals surface area contributed by atoms with Gasteiger partial charge in [0.25, 0.3) is 0 Å². The van der Waals surface area contributed by atoms with E-state index < -0.39 is 0 Å². The molecule has 3 heteroatoms. The molecule has 0 saturated carbocycles. The fourth-order valence-corrected chi connectivity index (χ4v) is 3.80. The molecule has 0 radical (unpaired) electrons. The standard InChI is InChI=1S/C19H13NO2/c1-22-16-7-3-5-12-13(16)10-20-14-6-2-4-11-8-9-15(21)18(17(11)14)19(12)20/h2-9H,10H2,1H3. The van der Waals surface area contributed by atoms with E-state index in [-0.39, 0.29) is 5.78 Å². The first-order valence-corrected chi connectivity index (χ1v) is 7.33. The SMILES string of the molecule is COc1cccc2c1Cn1c-2c2c3c(cccc31)C=CC2=O. The summed E-state index contributed by atoms with van der Waals surface area (Å²) in [5.74, 6) is 0.977. The van der Waals surface area contributed by atoms with Gasteiger partial charge in [0.1, 0.15) is 5.75 Å². The zero-order valence-corrected chi connectivity index (χ0v) is 12.1. The summed E-state index contributed by atoms with van der Waals surface area (Å²) in [4.78, 5) is 12.5. The van der Waals surface area contributed by atoms with Crippen LogP contribution in [0.25, 0.3) is 28.2 Å². The molecule has 0 N–H and O–H groups in total. The van der Waals surface area contributed by atoms with Crippen LogP contribution in [0.15, 0.2) is 42.5 Å². The van der Waals surface area contributed by atoms with Gasteiger partial charge in [0.15, 0.2) is 5.78 Å². The molecule has 0 unspecified atom stereocenters. The lowest BCUT2D eigenvalue weighted by Gasteiger charge is -2.10. The maximum absolute atomic E-state index is 12.5. The lowest BCUT2D eigenvalue weighted by Crippen LogP contribution is -2.00. The summed E-state index contributed by atoms with van der Waals surface area (Å²) in [6.45, 7) is 0.752. The topological polar surface area (TPSA) is 31.2 Å². The van der Waals surface area contributed by atoms with E-state index in [1.165, 1.54) is 0 Å². The Labute approximate surface area is 127 Å². The van der Waals surface area contributed by atoms with E-state index >= 15 is 0 Å². The van der Waals surface area contributed by atoms with Crippen LogP contribution < -0.4 is 4.74 Å². The van der Waals surface area contributed by atoms with Gasteiger partial charge in [0.05, 0.1) is 30.4 Å². The molecule has 106 valence electrons. The maximum Gasteiger partial charge on any atom is 0.188 e. The molecule has 22 heavy (non-hydrogen) atoms. The number of carbonyl (C=O) groups excluding carboxylic acids is 1. The number of ether oxygens (including phenoxy) is 1. The second-order valence-electron chi connectivity index (χ2n) is 5.74. The van der Waals surface area contributed by atoms with E-state index in [0.29, 0.717) is 0 Å². The Balaban J connectivity index is 1.96. The van der Waals surface area contributed by atoms with Crippen molar-refractivity contribution >= 4 is 22.8 Å². The number of hydrogen-bond acceptors (Lipinski definition) is 2. The van der Waals surface area contributed by atoms with Crippen LogP contribution >= 0.6 is 0 Å². The summed E-state index contributed by atoms with van der Waals surface area (Å²) in [7, 11) is 1.69. The van der Waals surface area contributed by atoms with Crippen molar-refractivity contribution < 1.29 is 9.53 Å². The van der Waals surface area contributed by atoms with Crippen LogP contribution in [0.4, 0.5) is 0 Å². The van der Waals surface area contributed by atoms with E-state index in [1.807, 2.05) is 18.2 Å². The molecule has 0 bridgehead atoms. The first kappa shape index (κ1) is 11.8. The number of fused-ring (bicyclic) bond motifs is 5. The first-order valence-electron chi connectivity index (χ1n) is 7.33. The summed E-state index contributed by atoms with van der Waals surface area (Å²) < 4.78 is 7.74. The normalized spacial score (nSPS) is 14.3. The van der Waals surface area contributed by atoms with Gasteiger partial charge in [-0.15, -0.1) is 0 Å². The highest BCUT2D eigenvalue weighted by molar-refractivity contribution is 6.24. The molecule has 5 rings (SSSR count). The summed E-state index contributed by atoms with van der Waals surface area (Å²) in [6.07, 6.45) is 3.59. The van der Waals surface area contributed by atoms with Gasteiger partial charge in [-0.3, -0.25) is 4.79 Å². The summed E-state index contributed by atoms with van der Waals surface area (Å²) in [6, 6.07) is 12.3. The van der Waals surface area contributed by atoms with Gasteiger partial charge < -0.3 is 9.30 Å². The van der Waals surface area contributed by atoms with Crippen molar-refractivity contribution in [2.24, 2.45) is 0 Å². The fraction of sp³-hybridized carbons (Fsp3) is 0.105. The number of benzene rings is 2. The lowest BCUT2D eigenvalue weighted by atomic mass is 9.93. The highest BCUT2D eigenvalue weighted by Gasteiger charge is 2.32. The number of aromatic nitrogens is 1. The molecule has 3 aromatic rings. The first-order chi connectivity index (χ1) is 10.8. The van der Waals surface area contributed by atoms with Crippen molar-refractivity contribution in [1.82, 2.24) is 4.57 Å². The predicted octanol–water partition coefficient (Wildman–Crippen LogP) is 3.89. The summed E-state index contributed by atoms with van der Waals surface area (Å²) in [5.41, 5.74) is 6.38.